The van der Waals surface area contributed by atoms with Gasteiger partial charge in [-0.05, 0) is 42.0 Å². The van der Waals surface area contributed by atoms with Crippen molar-refractivity contribution in [2.24, 2.45) is 4.99 Å². The topological polar surface area (TPSA) is 57.1 Å². The second-order valence-corrected chi connectivity index (χ2v) is 4.84. The van der Waals surface area contributed by atoms with Crippen LogP contribution in [0.5, 0.6) is 11.5 Å². The summed E-state index contributed by atoms with van der Waals surface area (Å²) >= 11 is 0. The van der Waals surface area contributed by atoms with Crippen LogP contribution in [0.2, 0.25) is 0 Å². The fraction of sp³-hybridized carbons (Fsp3) is 0.111. The predicted molar refractivity (Wildman–Crippen MR) is 86.6 cm³/mol. The molecule has 2 aromatic carbocycles. The van der Waals surface area contributed by atoms with Gasteiger partial charge in [0.1, 0.15) is 11.5 Å². The second kappa shape index (κ2) is 6.36. The van der Waals surface area contributed by atoms with Gasteiger partial charge in [0.2, 0.25) is 5.90 Å². The third-order valence-corrected chi connectivity index (χ3v) is 3.33. The van der Waals surface area contributed by atoms with E-state index < -0.39 is 5.97 Å². The number of cyclic esters (lactones) is 1. The molecule has 0 N–H and O–H groups in total. The molecular formula is C18H15NO4. The van der Waals surface area contributed by atoms with Gasteiger partial charge in [0.25, 0.3) is 0 Å². The maximum atomic E-state index is 12.0. The van der Waals surface area contributed by atoms with Crippen LogP contribution in [0.4, 0.5) is 0 Å². The second-order valence-electron chi connectivity index (χ2n) is 4.84. The highest BCUT2D eigenvalue weighted by Crippen LogP contribution is 2.22. The van der Waals surface area contributed by atoms with Crippen molar-refractivity contribution in [3.8, 4) is 11.5 Å². The highest BCUT2D eigenvalue weighted by Gasteiger charge is 2.24. The Labute approximate surface area is 133 Å². The molecule has 1 aliphatic heterocycles. The molecule has 0 fully saturated rings. The van der Waals surface area contributed by atoms with Gasteiger partial charge in [-0.15, -0.1) is 0 Å². The van der Waals surface area contributed by atoms with Crippen molar-refractivity contribution in [3.05, 3.63) is 65.4 Å². The first-order chi connectivity index (χ1) is 11.2. The lowest BCUT2D eigenvalue weighted by molar-refractivity contribution is -0.129. The molecule has 2 aromatic rings. The van der Waals surface area contributed by atoms with Crippen LogP contribution in [0, 0.1) is 0 Å². The van der Waals surface area contributed by atoms with E-state index in [1.165, 1.54) is 0 Å². The largest absolute Gasteiger partial charge is 0.497 e. The van der Waals surface area contributed by atoms with Crippen molar-refractivity contribution in [2.45, 2.75) is 0 Å². The smallest absolute Gasteiger partial charge is 0.363 e. The number of hydrogen-bond donors (Lipinski definition) is 0. The number of methoxy groups -OCH3 is 2. The predicted octanol–water partition coefficient (Wildman–Crippen LogP) is 3.05. The first-order valence-corrected chi connectivity index (χ1v) is 7.00. The molecule has 0 saturated carbocycles. The summed E-state index contributed by atoms with van der Waals surface area (Å²) in [6, 6.07) is 14.6. The van der Waals surface area contributed by atoms with Gasteiger partial charge in [0.15, 0.2) is 5.70 Å². The summed E-state index contributed by atoms with van der Waals surface area (Å²) in [4.78, 5) is 16.3. The monoisotopic (exact) mass is 309 g/mol. The Morgan fingerprint density at radius 2 is 1.70 bits per heavy atom. The maximum Gasteiger partial charge on any atom is 0.363 e. The first kappa shape index (κ1) is 14.8. The summed E-state index contributed by atoms with van der Waals surface area (Å²) in [7, 11) is 3.17. The number of nitrogens with zero attached hydrogens (tertiary/aromatic N) is 1. The van der Waals surface area contributed by atoms with Crippen LogP contribution in [0.25, 0.3) is 6.08 Å². The molecule has 0 saturated heterocycles. The van der Waals surface area contributed by atoms with Gasteiger partial charge in [-0.25, -0.2) is 9.79 Å². The number of hydrogen-bond acceptors (Lipinski definition) is 5. The molecule has 5 heteroatoms. The number of rotatable bonds is 4. The van der Waals surface area contributed by atoms with Gasteiger partial charge in [0.05, 0.1) is 14.2 Å². The molecule has 1 aliphatic rings. The van der Waals surface area contributed by atoms with Gasteiger partial charge in [-0.3, -0.25) is 0 Å². The molecule has 0 unspecified atom stereocenters. The Bertz CT molecular complexity index is 808. The Balaban J connectivity index is 1.92. The van der Waals surface area contributed by atoms with E-state index in [4.69, 9.17) is 14.2 Å². The average molecular weight is 309 g/mol. The van der Waals surface area contributed by atoms with E-state index in [0.29, 0.717) is 17.1 Å². The number of aliphatic imine (C=N–C) groups is 1. The highest BCUT2D eigenvalue weighted by molar-refractivity contribution is 6.12. The molecule has 3 rings (SSSR count). The summed E-state index contributed by atoms with van der Waals surface area (Å²) in [5.74, 6) is 1.17. The lowest BCUT2D eigenvalue weighted by Gasteiger charge is -2.02. The third-order valence-electron chi connectivity index (χ3n) is 3.33. The number of carbonyl (C=O) groups is 1. The van der Waals surface area contributed by atoms with E-state index in [2.05, 4.69) is 4.99 Å². The number of benzene rings is 2. The van der Waals surface area contributed by atoms with E-state index >= 15 is 0 Å². The van der Waals surface area contributed by atoms with Crippen molar-refractivity contribution in [2.75, 3.05) is 14.2 Å². The summed E-state index contributed by atoms with van der Waals surface area (Å²) in [5.41, 5.74) is 1.75. The average Bonchev–Trinajstić information content (AvgIpc) is 2.96. The Hall–Kier alpha value is -3.08. The minimum absolute atomic E-state index is 0.246. The normalized spacial score (nSPS) is 15.3. The van der Waals surface area contributed by atoms with E-state index in [1.807, 2.05) is 42.5 Å². The van der Waals surface area contributed by atoms with Crippen molar-refractivity contribution < 1.29 is 19.0 Å². The van der Waals surface area contributed by atoms with Crippen LogP contribution in [0.1, 0.15) is 11.1 Å². The van der Waals surface area contributed by atoms with Crippen LogP contribution in [0.3, 0.4) is 0 Å². The van der Waals surface area contributed by atoms with Crippen molar-refractivity contribution in [1.82, 2.24) is 0 Å². The quantitative estimate of drug-likeness (QED) is 0.643. The minimum atomic E-state index is -0.481. The maximum absolute atomic E-state index is 12.0. The lowest BCUT2D eigenvalue weighted by Crippen LogP contribution is -2.05. The fourth-order valence-corrected chi connectivity index (χ4v) is 2.18. The standard InChI is InChI=1S/C18H15NO4/c1-21-14-7-3-5-12(9-14)10-16-18(20)23-17(19-16)13-6-4-8-15(11-13)22-2/h3-11H,1-2H3. The Kier molecular flexibility index (Phi) is 4.10. The zero-order valence-corrected chi connectivity index (χ0v) is 12.8. The molecule has 0 aromatic heterocycles. The first-order valence-electron chi connectivity index (χ1n) is 7.00. The zero-order valence-electron chi connectivity index (χ0n) is 12.8. The lowest BCUT2D eigenvalue weighted by atomic mass is 10.2. The molecular weight excluding hydrogens is 294 g/mol. The van der Waals surface area contributed by atoms with Gasteiger partial charge in [-0.2, -0.15) is 0 Å². The molecule has 0 bridgehead atoms. The molecule has 23 heavy (non-hydrogen) atoms. The molecule has 5 nitrogen and oxygen atoms in total. The molecule has 0 radical (unpaired) electrons. The van der Waals surface area contributed by atoms with Gasteiger partial charge >= 0.3 is 5.97 Å². The van der Waals surface area contributed by atoms with Crippen LogP contribution in [-0.4, -0.2) is 26.1 Å². The third kappa shape index (κ3) is 3.23. The van der Waals surface area contributed by atoms with E-state index in [9.17, 15) is 4.79 Å². The number of esters is 1. The Morgan fingerprint density at radius 3 is 2.43 bits per heavy atom. The molecule has 1 heterocycles. The minimum Gasteiger partial charge on any atom is -0.497 e. The molecule has 0 spiro atoms. The number of ether oxygens (including phenoxy) is 3. The van der Waals surface area contributed by atoms with Crippen molar-refractivity contribution in [3.63, 3.8) is 0 Å². The zero-order chi connectivity index (χ0) is 16.2. The summed E-state index contributed by atoms with van der Waals surface area (Å²) < 4.78 is 15.6. The fourth-order valence-electron chi connectivity index (χ4n) is 2.18. The summed E-state index contributed by atoms with van der Waals surface area (Å²) in [6.45, 7) is 0. The summed E-state index contributed by atoms with van der Waals surface area (Å²) in [5, 5.41) is 0. The van der Waals surface area contributed by atoms with Crippen molar-refractivity contribution in [1.29, 1.82) is 0 Å². The van der Waals surface area contributed by atoms with Crippen LogP contribution < -0.4 is 9.47 Å². The van der Waals surface area contributed by atoms with E-state index in [0.717, 1.165) is 5.56 Å². The molecule has 0 atom stereocenters. The van der Waals surface area contributed by atoms with Gasteiger partial charge in [0, 0.05) is 5.56 Å². The highest BCUT2D eigenvalue weighted by atomic mass is 16.6. The van der Waals surface area contributed by atoms with Crippen LogP contribution in [-0.2, 0) is 9.53 Å². The number of carbonyl (C=O) groups excluding carboxylic acids is 1. The SMILES string of the molecule is COc1cccc(C=C2N=C(c3cccc(OC)c3)OC2=O)c1. The van der Waals surface area contributed by atoms with Crippen LogP contribution >= 0.6 is 0 Å². The molecule has 0 amide bonds. The van der Waals surface area contributed by atoms with Gasteiger partial charge in [-0.1, -0.05) is 18.2 Å². The molecule has 0 aliphatic carbocycles. The van der Waals surface area contributed by atoms with Gasteiger partial charge < -0.3 is 14.2 Å². The van der Waals surface area contributed by atoms with Crippen LogP contribution in [0.15, 0.2) is 59.2 Å². The Morgan fingerprint density at radius 1 is 1.00 bits per heavy atom. The van der Waals surface area contributed by atoms with Crippen molar-refractivity contribution >= 4 is 17.9 Å². The van der Waals surface area contributed by atoms with E-state index in [-0.39, 0.29) is 11.6 Å². The molecule has 116 valence electrons. The summed E-state index contributed by atoms with van der Waals surface area (Å²) in [6.07, 6.45) is 1.66. The van der Waals surface area contributed by atoms with E-state index in [1.54, 1.807) is 26.4 Å².